The minimum Gasteiger partial charge on any atom is -0.378 e. The Morgan fingerprint density at radius 3 is 3.11 bits per heavy atom. The number of nitro groups is 1. The fourth-order valence-corrected chi connectivity index (χ4v) is 1.82. The number of rotatable bonds is 4. The van der Waals surface area contributed by atoms with Gasteiger partial charge in [-0.15, -0.1) is 0 Å². The zero-order chi connectivity index (χ0) is 13.0. The highest BCUT2D eigenvalue weighted by molar-refractivity contribution is 5.44. The van der Waals surface area contributed by atoms with Crippen molar-refractivity contribution in [3.8, 4) is 0 Å². The molecule has 0 bridgehead atoms. The van der Waals surface area contributed by atoms with Crippen molar-refractivity contribution in [2.45, 2.75) is 13.0 Å². The molecule has 7 heteroatoms. The van der Waals surface area contributed by atoms with Crippen molar-refractivity contribution in [2.24, 2.45) is 0 Å². The maximum absolute atomic E-state index is 10.7. The molecule has 18 heavy (non-hydrogen) atoms. The number of anilines is 1. The van der Waals surface area contributed by atoms with E-state index in [2.05, 4.69) is 15.6 Å². The monoisotopic (exact) mass is 252 g/mol. The van der Waals surface area contributed by atoms with Gasteiger partial charge in [-0.1, -0.05) is 0 Å². The second kappa shape index (κ2) is 5.74. The van der Waals surface area contributed by atoms with Crippen molar-refractivity contribution >= 4 is 11.5 Å². The molecule has 1 atom stereocenters. The Bertz CT molecular complexity index is 432. The molecule has 0 amide bonds. The molecule has 1 aliphatic rings. The number of morpholine rings is 1. The van der Waals surface area contributed by atoms with Crippen LogP contribution in [0.5, 0.6) is 0 Å². The molecule has 7 nitrogen and oxygen atoms in total. The molecule has 1 fully saturated rings. The van der Waals surface area contributed by atoms with Crippen molar-refractivity contribution < 1.29 is 9.66 Å². The predicted molar refractivity (Wildman–Crippen MR) is 66.7 cm³/mol. The van der Waals surface area contributed by atoms with E-state index in [0.717, 1.165) is 13.2 Å². The fraction of sp³-hybridized carbons (Fsp3) is 0.545. The first-order valence-corrected chi connectivity index (χ1v) is 5.84. The Morgan fingerprint density at radius 1 is 1.67 bits per heavy atom. The van der Waals surface area contributed by atoms with Gasteiger partial charge in [0.1, 0.15) is 11.5 Å². The average Bonchev–Trinajstić information content (AvgIpc) is 2.37. The van der Waals surface area contributed by atoms with Gasteiger partial charge in [-0.05, 0) is 13.0 Å². The predicted octanol–water partition coefficient (Wildman–Crippen LogP) is 0.699. The minimum absolute atomic E-state index is 0.0414. The van der Waals surface area contributed by atoms with Crippen molar-refractivity contribution in [2.75, 3.05) is 31.6 Å². The lowest BCUT2D eigenvalue weighted by Gasteiger charge is -2.24. The zero-order valence-corrected chi connectivity index (χ0v) is 10.2. The summed E-state index contributed by atoms with van der Waals surface area (Å²) in [5, 5.41) is 17.1. The van der Waals surface area contributed by atoms with E-state index in [9.17, 15) is 10.1 Å². The number of nitrogens with zero attached hydrogens (tertiary/aromatic N) is 2. The van der Waals surface area contributed by atoms with Crippen LogP contribution in [0.2, 0.25) is 0 Å². The second-order valence-electron chi connectivity index (χ2n) is 4.17. The molecule has 1 unspecified atom stereocenters. The second-order valence-corrected chi connectivity index (χ2v) is 4.17. The minimum atomic E-state index is -0.428. The highest BCUT2D eigenvalue weighted by Gasteiger charge is 2.14. The van der Waals surface area contributed by atoms with Crippen LogP contribution in [0.25, 0.3) is 0 Å². The van der Waals surface area contributed by atoms with Gasteiger partial charge in [-0.25, -0.2) is 4.98 Å². The Balaban J connectivity index is 1.93. The lowest BCUT2D eigenvalue weighted by Crippen LogP contribution is -2.45. The van der Waals surface area contributed by atoms with Gasteiger partial charge >= 0.3 is 0 Å². The third-order valence-corrected chi connectivity index (χ3v) is 2.78. The van der Waals surface area contributed by atoms with E-state index in [1.165, 1.54) is 6.07 Å². The summed E-state index contributed by atoms with van der Waals surface area (Å²) in [5.74, 6) is 0.644. The highest BCUT2D eigenvalue weighted by Crippen LogP contribution is 2.17. The Labute approximate surface area is 105 Å². The SMILES string of the molecule is Cc1nc(NCC2COCCN2)ccc1[N+](=O)[O-]. The summed E-state index contributed by atoms with van der Waals surface area (Å²) in [6.45, 7) is 4.57. The third kappa shape index (κ3) is 3.14. The largest absolute Gasteiger partial charge is 0.378 e. The summed E-state index contributed by atoms with van der Waals surface area (Å²) in [6, 6.07) is 3.33. The molecule has 1 saturated heterocycles. The van der Waals surface area contributed by atoms with Gasteiger partial charge in [-0.2, -0.15) is 0 Å². The van der Waals surface area contributed by atoms with Crippen molar-refractivity contribution in [1.82, 2.24) is 10.3 Å². The molecule has 2 heterocycles. The number of ether oxygens (including phenoxy) is 1. The molecule has 0 aromatic carbocycles. The van der Waals surface area contributed by atoms with E-state index in [0.29, 0.717) is 24.7 Å². The van der Waals surface area contributed by atoms with Crippen LogP contribution in [0.4, 0.5) is 11.5 Å². The molecule has 98 valence electrons. The molecular weight excluding hydrogens is 236 g/mol. The summed E-state index contributed by atoms with van der Waals surface area (Å²) in [4.78, 5) is 14.4. The third-order valence-electron chi connectivity index (χ3n) is 2.78. The summed E-state index contributed by atoms with van der Waals surface area (Å²) < 4.78 is 5.33. The lowest BCUT2D eigenvalue weighted by molar-refractivity contribution is -0.385. The van der Waals surface area contributed by atoms with Crippen molar-refractivity contribution in [3.05, 3.63) is 27.9 Å². The van der Waals surface area contributed by atoms with Gasteiger partial charge in [0.2, 0.25) is 0 Å². The van der Waals surface area contributed by atoms with Gasteiger partial charge in [0.25, 0.3) is 5.69 Å². The molecule has 1 aromatic heterocycles. The maximum Gasteiger partial charge on any atom is 0.290 e. The Morgan fingerprint density at radius 2 is 2.50 bits per heavy atom. The lowest BCUT2D eigenvalue weighted by atomic mass is 10.2. The van der Waals surface area contributed by atoms with Crippen LogP contribution in [0.3, 0.4) is 0 Å². The number of nitrogens with one attached hydrogen (secondary N) is 2. The van der Waals surface area contributed by atoms with E-state index < -0.39 is 4.92 Å². The first kappa shape index (κ1) is 12.7. The Kier molecular flexibility index (Phi) is 4.06. The van der Waals surface area contributed by atoms with Gasteiger partial charge in [-0.3, -0.25) is 10.1 Å². The summed E-state index contributed by atoms with van der Waals surface area (Å²) in [7, 11) is 0. The van der Waals surface area contributed by atoms with E-state index in [-0.39, 0.29) is 11.7 Å². The number of aryl methyl sites for hydroxylation is 1. The van der Waals surface area contributed by atoms with E-state index in [4.69, 9.17) is 4.74 Å². The maximum atomic E-state index is 10.7. The van der Waals surface area contributed by atoms with E-state index in [1.54, 1.807) is 13.0 Å². The van der Waals surface area contributed by atoms with Gasteiger partial charge in [0, 0.05) is 25.2 Å². The van der Waals surface area contributed by atoms with Crippen molar-refractivity contribution in [3.63, 3.8) is 0 Å². The molecule has 1 aromatic rings. The standard InChI is InChI=1S/C11H16N4O3/c1-8-10(15(16)17)2-3-11(14-8)13-6-9-7-18-5-4-12-9/h2-3,9,12H,4-7H2,1H3,(H,13,14). The average molecular weight is 252 g/mol. The van der Waals surface area contributed by atoms with Crippen LogP contribution in [0, 0.1) is 17.0 Å². The first-order chi connectivity index (χ1) is 8.66. The molecule has 0 spiro atoms. The molecule has 2 N–H and O–H groups in total. The molecule has 1 aliphatic heterocycles. The number of hydrogen-bond acceptors (Lipinski definition) is 6. The van der Waals surface area contributed by atoms with Gasteiger partial charge in [0.05, 0.1) is 18.1 Å². The molecular formula is C11H16N4O3. The van der Waals surface area contributed by atoms with Crippen LogP contribution in [0.1, 0.15) is 5.69 Å². The van der Waals surface area contributed by atoms with Crippen molar-refractivity contribution in [1.29, 1.82) is 0 Å². The Hall–Kier alpha value is -1.73. The molecule has 0 radical (unpaired) electrons. The normalized spacial score (nSPS) is 19.5. The van der Waals surface area contributed by atoms with Crippen LogP contribution in [0.15, 0.2) is 12.1 Å². The van der Waals surface area contributed by atoms with Crippen LogP contribution in [-0.4, -0.2) is 42.3 Å². The number of pyridine rings is 1. The first-order valence-electron chi connectivity index (χ1n) is 5.84. The van der Waals surface area contributed by atoms with Gasteiger partial charge in [0.15, 0.2) is 0 Å². The zero-order valence-electron chi connectivity index (χ0n) is 10.2. The summed E-state index contributed by atoms with van der Waals surface area (Å²) >= 11 is 0. The summed E-state index contributed by atoms with van der Waals surface area (Å²) in [6.07, 6.45) is 0. The van der Waals surface area contributed by atoms with Crippen LogP contribution in [-0.2, 0) is 4.74 Å². The number of aromatic nitrogens is 1. The molecule has 0 aliphatic carbocycles. The van der Waals surface area contributed by atoms with Crippen LogP contribution < -0.4 is 10.6 Å². The smallest absolute Gasteiger partial charge is 0.290 e. The summed E-state index contributed by atoms with van der Waals surface area (Å²) in [5.41, 5.74) is 0.456. The van der Waals surface area contributed by atoms with E-state index in [1.807, 2.05) is 0 Å². The number of hydrogen-bond donors (Lipinski definition) is 2. The topological polar surface area (TPSA) is 89.3 Å². The highest BCUT2D eigenvalue weighted by atomic mass is 16.6. The van der Waals surface area contributed by atoms with E-state index >= 15 is 0 Å². The van der Waals surface area contributed by atoms with Gasteiger partial charge < -0.3 is 15.4 Å². The molecule has 0 saturated carbocycles. The quantitative estimate of drug-likeness (QED) is 0.605. The molecule has 2 rings (SSSR count). The van der Waals surface area contributed by atoms with Crippen LogP contribution >= 0.6 is 0 Å². The fourth-order valence-electron chi connectivity index (χ4n) is 1.82.